The molecule has 10 heteroatoms. The maximum Gasteiger partial charge on any atom is 0.344 e. The number of carbonyl (C=O) groups is 3. The lowest BCUT2D eigenvalue weighted by Crippen LogP contribution is -2.53. The zero-order chi connectivity index (χ0) is 23.7. The van der Waals surface area contributed by atoms with E-state index in [2.05, 4.69) is 21.7 Å². The van der Waals surface area contributed by atoms with Gasteiger partial charge in [0.15, 0.2) is 0 Å². The number of benzene rings is 2. The van der Waals surface area contributed by atoms with Gasteiger partial charge in [-0.2, -0.15) is 5.01 Å². The lowest BCUT2D eigenvalue weighted by atomic mass is 9.92. The van der Waals surface area contributed by atoms with Crippen molar-refractivity contribution in [3.63, 3.8) is 0 Å². The second kappa shape index (κ2) is 9.13. The molecule has 1 aromatic heterocycles. The number of para-hydroxylation sites is 1. The van der Waals surface area contributed by atoms with Gasteiger partial charge in [-0.25, -0.2) is 9.78 Å². The lowest BCUT2D eigenvalue weighted by molar-refractivity contribution is -0.139. The van der Waals surface area contributed by atoms with Gasteiger partial charge in [0.2, 0.25) is 0 Å². The zero-order valence-electron chi connectivity index (χ0n) is 18.9. The Balaban J connectivity index is 1.12. The van der Waals surface area contributed by atoms with E-state index in [1.165, 1.54) is 4.70 Å². The fraction of sp³-hybridized carbons (Fsp3) is 0.333. The van der Waals surface area contributed by atoms with Crippen LogP contribution in [0.25, 0.3) is 10.2 Å². The minimum Gasteiger partial charge on any atom is -0.318 e. The van der Waals surface area contributed by atoms with Crippen molar-refractivity contribution in [1.29, 1.82) is 0 Å². The van der Waals surface area contributed by atoms with Crippen molar-refractivity contribution >= 4 is 39.4 Å². The number of nitrogens with zero attached hydrogens (tertiary/aromatic N) is 4. The zero-order valence-corrected chi connectivity index (χ0v) is 19.7. The third kappa shape index (κ3) is 4.39. The van der Waals surface area contributed by atoms with Crippen molar-refractivity contribution in [1.82, 2.24) is 30.5 Å². The highest BCUT2D eigenvalue weighted by atomic mass is 32.1. The number of thiazole rings is 1. The first-order chi connectivity index (χ1) is 16.4. The number of hydrogen-bond donors (Lipinski definition) is 2. The number of aromatic nitrogens is 1. The van der Waals surface area contributed by atoms with Crippen molar-refractivity contribution in [3.8, 4) is 0 Å². The molecule has 3 aromatic rings. The SMILES string of the molecule is C[C@]1(c2ccccc2)NC(=O)N(NC(=O)CN2CCN(Cc3nc4ccccc4s3)CC2)C1=O. The van der Waals surface area contributed by atoms with E-state index in [0.29, 0.717) is 5.56 Å². The van der Waals surface area contributed by atoms with Crippen molar-refractivity contribution in [3.05, 3.63) is 65.2 Å². The minimum absolute atomic E-state index is 0.119. The molecule has 0 radical (unpaired) electrons. The molecule has 0 spiro atoms. The molecule has 34 heavy (non-hydrogen) atoms. The van der Waals surface area contributed by atoms with Gasteiger partial charge in [0.25, 0.3) is 11.8 Å². The number of urea groups is 1. The molecule has 2 fully saturated rings. The van der Waals surface area contributed by atoms with Gasteiger partial charge in [-0.3, -0.25) is 24.8 Å². The number of hydrogen-bond acceptors (Lipinski definition) is 7. The average Bonchev–Trinajstić information content (AvgIpc) is 3.34. The van der Waals surface area contributed by atoms with E-state index in [0.717, 1.165) is 48.3 Å². The van der Waals surface area contributed by atoms with E-state index in [4.69, 9.17) is 4.98 Å². The summed E-state index contributed by atoms with van der Waals surface area (Å²) in [5.41, 5.74) is 2.97. The van der Waals surface area contributed by atoms with Crippen LogP contribution in [0.15, 0.2) is 54.6 Å². The number of rotatable bonds is 6. The van der Waals surface area contributed by atoms with E-state index in [-0.39, 0.29) is 12.5 Å². The number of hydrazine groups is 1. The fourth-order valence-electron chi connectivity index (χ4n) is 4.36. The summed E-state index contributed by atoms with van der Waals surface area (Å²) in [5.74, 6) is -0.891. The van der Waals surface area contributed by atoms with Crippen LogP contribution in [0, 0.1) is 0 Å². The summed E-state index contributed by atoms with van der Waals surface area (Å²) in [5, 5.41) is 4.57. The predicted octanol–water partition coefficient (Wildman–Crippen LogP) is 1.91. The molecule has 0 saturated carbocycles. The van der Waals surface area contributed by atoms with Crippen LogP contribution in [-0.2, 0) is 21.7 Å². The van der Waals surface area contributed by atoms with Gasteiger partial charge in [-0.1, -0.05) is 42.5 Å². The summed E-state index contributed by atoms with van der Waals surface area (Å²) < 4.78 is 1.19. The quantitative estimate of drug-likeness (QED) is 0.526. The molecule has 0 bridgehead atoms. The predicted molar refractivity (Wildman–Crippen MR) is 129 cm³/mol. The van der Waals surface area contributed by atoms with E-state index in [9.17, 15) is 14.4 Å². The Bertz CT molecular complexity index is 1190. The molecule has 2 N–H and O–H groups in total. The van der Waals surface area contributed by atoms with Crippen LogP contribution in [0.5, 0.6) is 0 Å². The van der Waals surface area contributed by atoms with Gasteiger partial charge >= 0.3 is 6.03 Å². The molecule has 0 aliphatic carbocycles. The molecule has 1 atom stereocenters. The maximum absolute atomic E-state index is 12.9. The molecule has 3 heterocycles. The highest BCUT2D eigenvalue weighted by Gasteiger charge is 2.50. The smallest absolute Gasteiger partial charge is 0.318 e. The van der Waals surface area contributed by atoms with Gasteiger partial charge in [0.1, 0.15) is 10.5 Å². The number of piperazine rings is 1. The third-order valence-electron chi connectivity index (χ3n) is 6.31. The standard InChI is InChI=1S/C24H26N6O3S/c1-24(17-7-3-2-4-8-17)22(32)30(23(33)26-24)27-20(31)15-28-11-13-29(14-12-28)16-21-25-18-9-5-6-10-19(18)34-21/h2-10H,11-16H2,1H3,(H,26,33)(H,27,31)/t24-/m1/s1. The molecule has 0 unspecified atom stereocenters. The van der Waals surface area contributed by atoms with Crippen molar-refractivity contribution < 1.29 is 14.4 Å². The second-order valence-electron chi connectivity index (χ2n) is 8.72. The Hall–Kier alpha value is -3.34. The highest BCUT2D eigenvalue weighted by Crippen LogP contribution is 2.27. The fourth-order valence-corrected chi connectivity index (χ4v) is 5.37. The summed E-state index contributed by atoms with van der Waals surface area (Å²) in [6, 6.07) is 16.5. The number of carbonyl (C=O) groups excluding carboxylic acids is 3. The molecule has 4 amide bonds. The van der Waals surface area contributed by atoms with E-state index in [1.54, 1.807) is 42.5 Å². The largest absolute Gasteiger partial charge is 0.344 e. The Morgan fingerprint density at radius 2 is 1.71 bits per heavy atom. The number of nitrogens with one attached hydrogen (secondary N) is 2. The third-order valence-corrected chi connectivity index (χ3v) is 7.33. The number of fused-ring (bicyclic) bond motifs is 1. The second-order valence-corrected chi connectivity index (χ2v) is 9.84. The normalized spacial score (nSPS) is 21.7. The van der Waals surface area contributed by atoms with Crippen LogP contribution in [0.3, 0.4) is 0 Å². The Kier molecular flexibility index (Phi) is 6.03. The summed E-state index contributed by atoms with van der Waals surface area (Å²) in [6.07, 6.45) is 0. The molecule has 5 rings (SSSR count). The maximum atomic E-state index is 12.9. The van der Waals surface area contributed by atoms with Crippen LogP contribution in [0.1, 0.15) is 17.5 Å². The highest BCUT2D eigenvalue weighted by molar-refractivity contribution is 7.18. The molecular weight excluding hydrogens is 452 g/mol. The number of amides is 4. The molecule has 2 saturated heterocycles. The van der Waals surface area contributed by atoms with Crippen LogP contribution in [0.2, 0.25) is 0 Å². The van der Waals surface area contributed by atoms with Gasteiger partial charge in [-0.15, -0.1) is 11.3 Å². The summed E-state index contributed by atoms with van der Waals surface area (Å²) in [4.78, 5) is 47.1. The van der Waals surface area contributed by atoms with Crippen LogP contribution < -0.4 is 10.7 Å². The molecule has 2 aromatic carbocycles. The van der Waals surface area contributed by atoms with Crippen LogP contribution in [-0.4, -0.2) is 70.4 Å². The Labute approximate surface area is 201 Å². The van der Waals surface area contributed by atoms with Crippen LogP contribution in [0.4, 0.5) is 4.79 Å². The molecule has 176 valence electrons. The lowest BCUT2D eigenvalue weighted by Gasteiger charge is -2.33. The van der Waals surface area contributed by atoms with E-state index >= 15 is 0 Å². The first kappa shape index (κ1) is 22.5. The topological polar surface area (TPSA) is 97.9 Å². The summed E-state index contributed by atoms with van der Waals surface area (Å²) >= 11 is 1.71. The first-order valence-electron chi connectivity index (χ1n) is 11.2. The van der Waals surface area contributed by atoms with Gasteiger partial charge in [0.05, 0.1) is 23.3 Å². The van der Waals surface area contributed by atoms with Gasteiger partial charge < -0.3 is 5.32 Å². The molecule has 9 nitrogen and oxygen atoms in total. The Morgan fingerprint density at radius 3 is 2.44 bits per heavy atom. The van der Waals surface area contributed by atoms with Crippen molar-refractivity contribution in [2.75, 3.05) is 32.7 Å². The van der Waals surface area contributed by atoms with Gasteiger partial charge in [-0.05, 0) is 24.6 Å². The van der Waals surface area contributed by atoms with Crippen molar-refractivity contribution in [2.24, 2.45) is 0 Å². The monoisotopic (exact) mass is 478 g/mol. The number of imide groups is 1. The molecule has 2 aliphatic rings. The first-order valence-corrected chi connectivity index (χ1v) is 12.0. The average molecular weight is 479 g/mol. The minimum atomic E-state index is -1.21. The molecule has 2 aliphatic heterocycles. The van der Waals surface area contributed by atoms with Gasteiger partial charge in [0, 0.05) is 26.2 Å². The Morgan fingerprint density at radius 1 is 1.03 bits per heavy atom. The molecular formula is C24H26N6O3S. The van der Waals surface area contributed by atoms with Crippen molar-refractivity contribution in [2.45, 2.75) is 19.0 Å². The van der Waals surface area contributed by atoms with Crippen LogP contribution >= 0.6 is 11.3 Å². The van der Waals surface area contributed by atoms with E-state index in [1.807, 2.05) is 29.2 Å². The van der Waals surface area contributed by atoms with E-state index < -0.39 is 17.5 Å². The summed E-state index contributed by atoms with van der Waals surface area (Å²) in [6.45, 7) is 5.63. The summed E-state index contributed by atoms with van der Waals surface area (Å²) in [7, 11) is 0.